The summed E-state index contributed by atoms with van der Waals surface area (Å²) in [4.78, 5) is 11.7. The molecule has 0 aromatic carbocycles. The Morgan fingerprint density at radius 3 is 2.73 bits per heavy atom. The van der Waals surface area contributed by atoms with E-state index in [1.54, 1.807) is 11.4 Å². The average molecular weight is 292 g/mol. The smallest absolute Gasteiger partial charge is 0.252 e. The Morgan fingerprint density at radius 1 is 1.67 bits per heavy atom. The molecule has 0 fully saturated rings. The number of carbonyl (C=O) groups excluding carboxylic acids is 1. The summed E-state index contributed by atoms with van der Waals surface area (Å²) in [6, 6.07) is 1.59. The van der Waals surface area contributed by atoms with E-state index in [4.69, 9.17) is 5.11 Å². The average Bonchev–Trinajstić information content (AvgIpc) is 2.60. The van der Waals surface area contributed by atoms with Crippen LogP contribution in [0.1, 0.15) is 24.2 Å². The lowest BCUT2D eigenvalue weighted by atomic mass is 10.1. The lowest BCUT2D eigenvalue weighted by Crippen LogP contribution is -2.40. The SMILES string of the molecule is CC(C)[C@@H](CO)NC(=O)c1csc(Br)c1. The molecule has 1 aromatic rings. The molecule has 1 heterocycles. The lowest BCUT2D eigenvalue weighted by molar-refractivity contribution is 0.0897. The predicted molar refractivity (Wildman–Crippen MR) is 65.2 cm³/mol. The summed E-state index contributed by atoms with van der Waals surface area (Å²) in [6.07, 6.45) is 0. The van der Waals surface area contributed by atoms with Crippen LogP contribution in [0.15, 0.2) is 15.2 Å². The van der Waals surface area contributed by atoms with Crippen molar-refractivity contribution >= 4 is 33.2 Å². The zero-order valence-corrected chi connectivity index (χ0v) is 11.1. The van der Waals surface area contributed by atoms with Gasteiger partial charge in [-0.25, -0.2) is 0 Å². The normalized spacial score (nSPS) is 12.9. The minimum absolute atomic E-state index is 0.0330. The molecule has 0 aliphatic rings. The Kier molecular flexibility index (Phi) is 4.76. The molecule has 84 valence electrons. The summed E-state index contributed by atoms with van der Waals surface area (Å²) >= 11 is 4.77. The van der Waals surface area contributed by atoms with E-state index in [1.165, 1.54) is 11.3 Å². The van der Waals surface area contributed by atoms with Gasteiger partial charge in [-0.05, 0) is 27.9 Å². The van der Waals surface area contributed by atoms with Crippen molar-refractivity contribution in [3.8, 4) is 0 Å². The molecule has 0 radical (unpaired) electrons. The van der Waals surface area contributed by atoms with Gasteiger partial charge >= 0.3 is 0 Å². The van der Waals surface area contributed by atoms with Crippen LogP contribution in [0.5, 0.6) is 0 Å². The van der Waals surface area contributed by atoms with E-state index in [9.17, 15) is 4.79 Å². The van der Waals surface area contributed by atoms with Gasteiger partial charge in [-0.1, -0.05) is 13.8 Å². The Labute approximate surface area is 102 Å². The number of nitrogens with one attached hydrogen (secondary N) is 1. The van der Waals surface area contributed by atoms with Crippen molar-refractivity contribution in [1.29, 1.82) is 0 Å². The van der Waals surface area contributed by atoms with Crippen molar-refractivity contribution in [1.82, 2.24) is 5.32 Å². The Balaban J connectivity index is 2.62. The first-order chi connectivity index (χ1) is 7.04. The van der Waals surface area contributed by atoms with Gasteiger partial charge in [0.15, 0.2) is 0 Å². The first-order valence-corrected chi connectivity index (χ1v) is 6.37. The van der Waals surface area contributed by atoms with Crippen molar-refractivity contribution in [2.75, 3.05) is 6.61 Å². The van der Waals surface area contributed by atoms with Gasteiger partial charge in [-0.2, -0.15) is 0 Å². The van der Waals surface area contributed by atoms with Crippen LogP contribution in [0.4, 0.5) is 0 Å². The van der Waals surface area contributed by atoms with Crippen LogP contribution in [0.2, 0.25) is 0 Å². The molecule has 3 nitrogen and oxygen atoms in total. The van der Waals surface area contributed by atoms with Gasteiger partial charge in [-0.15, -0.1) is 11.3 Å². The van der Waals surface area contributed by atoms with Gasteiger partial charge in [0, 0.05) is 5.38 Å². The number of halogens is 1. The van der Waals surface area contributed by atoms with E-state index < -0.39 is 0 Å². The van der Waals surface area contributed by atoms with Gasteiger partial charge in [0.25, 0.3) is 5.91 Å². The van der Waals surface area contributed by atoms with Gasteiger partial charge in [0.1, 0.15) is 0 Å². The van der Waals surface area contributed by atoms with E-state index in [2.05, 4.69) is 21.2 Å². The maximum atomic E-state index is 11.7. The van der Waals surface area contributed by atoms with Gasteiger partial charge < -0.3 is 10.4 Å². The van der Waals surface area contributed by atoms with Crippen molar-refractivity contribution in [2.24, 2.45) is 5.92 Å². The van der Waals surface area contributed by atoms with Crippen LogP contribution in [-0.2, 0) is 0 Å². The number of hydrogen-bond donors (Lipinski definition) is 2. The number of aliphatic hydroxyl groups excluding tert-OH is 1. The summed E-state index contributed by atoms with van der Waals surface area (Å²) in [5.74, 6) is 0.0886. The fourth-order valence-electron chi connectivity index (χ4n) is 1.10. The fraction of sp³-hybridized carbons (Fsp3) is 0.500. The Morgan fingerprint density at radius 2 is 2.33 bits per heavy atom. The number of carbonyl (C=O) groups is 1. The molecule has 0 aliphatic heterocycles. The van der Waals surface area contributed by atoms with E-state index in [0.29, 0.717) is 5.56 Å². The molecule has 2 N–H and O–H groups in total. The topological polar surface area (TPSA) is 49.3 Å². The molecule has 1 amide bonds. The maximum Gasteiger partial charge on any atom is 0.252 e. The minimum Gasteiger partial charge on any atom is -0.394 e. The van der Waals surface area contributed by atoms with Crippen molar-refractivity contribution < 1.29 is 9.90 Å². The van der Waals surface area contributed by atoms with E-state index in [0.717, 1.165) is 3.79 Å². The number of amides is 1. The third-order valence-corrected chi connectivity index (χ3v) is 3.65. The molecule has 0 saturated heterocycles. The summed E-state index contributed by atoms with van der Waals surface area (Å²) in [7, 11) is 0. The summed E-state index contributed by atoms with van der Waals surface area (Å²) in [5.41, 5.74) is 0.631. The monoisotopic (exact) mass is 291 g/mol. The number of rotatable bonds is 4. The van der Waals surface area contributed by atoms with Crippen LogP contribution < -0.4 is 5.32 Å². The van der Waals surface area contributed by atoms with Crippen molar-refractivity contribution in [2.45, 2.75) is 19.9 Å². The second-order valence-corrected chi connectivity index (χ2v) is 5.94. The molecular formula is C10H14BrNO2S. The third-order valence-electron chi connectivity index (χ3n) is 2.15. The largest absolute Gasteiger partial charge is 0.394 e. The lowest BCUT2D eigenvalue weighted by Gasteiger charge is -2.19. The van der Waals surface area contributed by atoms with Crippen LogP contribution in [0.25, 0.3) is 0 Å². The van der Waals surface area contributed by atoms with Crippen molar-refractivity contribution in [3.05, 3.63) is 20.8 Å². The highest BCUT2D eigenvalue weighted by molar-refractivity contribution is 9.11. The van der Waals surface area contributed by atoms with Gasteiger partial charge in [-0.3, -0.25) is 4.79 Å². The number of thiophene rings is 1. The first-order valence-electron chi connectivity index (χ1n) is 4.70. The number of hydrogen-bond acceptors (Lipinski definition) is 3. The maximum absolute atomic E-state index is 11.7. The molecule has 0 aliphatic carbocycles. The molecule has 0 spiro atoms. The fourth-order valence-corrected chi connectivity index (χ4v) is 2.24. The molecule has 1 atom stereocenters. The van der Waals surface area contributed by atoms with Crippen LogP contribution in [0, 0.1) is 5.92 Å². The summed E-state index contributed by atoms with van der Waals surface area (Å²) < 4.78 is 0.928. The molecule has 0 unspecified atom stereocenters. The van der Waals surface area contributed by atoms with E-state index in [1.807, 2.05) is 13.8 Å². The highest BCUT2D eigenvalue weighted by atomic mass is 79.9. The minimum atomic E-state index is -0.184. The molecule has 0 bridgehead atoms. The quantitative estimate of drug-likeness (QED) is 0.894. The molecule has 15 heavy (non-hydrogen) atoms. The van der Waals surface area contributed by atoms with Crippen LogP contribution >= 0.6 is 27.3 Å². The molecular weight excluding hydrogens is 278 g/mol. The van der Waals surface area contributed by atoms with Gasteiger partial charge in [0.05, 0.1) is 22.0 Å². The number of aliphatic hydroxyl groups is 1. The summed E-state index contributed by atoms with van der Waals surface area (Å²) in [6.45, 7) is 3.89. The molecule has 0 saturated carbocycles. The summed E-state index contributed by atoms with van der Waals surface area (Å²) in [5, 5.41) is 13.7. The third kappa shape index (κ3) is 3.59. The van der Waals surface area contributed by atoms with Crippen LogP contribution in [0.3, 0.4) is 0 Å². The predicted octanol–water partition coefficient (Wildman–Crippen LogP) is 2.26. The van der Waals surface area contributed by atoms with E-state index in [-0.39, 0.29) is 24.5 Å². The zero-order valence-electron chi connectivity index (χ0n) is 8.66. The standard InChI is InChI=1S/C10H14BrNO2S/c1-6(2)8(4-13)12-10(14)7-3-9(11)15-5-7/h3,5-6,8,13H,4H2,1-2H3,(H,12,14)/t8-/m1/s1. The highest BCUT2D eigenvalue weighted by Crippen LogP contribution is 2.20. The first kappa shape index (κ1) is 12.7. The molecule has 5 heteroatoms. The molecule has 1 rings (SSSR count). The Hall–Kier alpha value is -0.390. The Bertz CT molecular complexity index is 338. The van der Waals surface area contributed by atoms with Gasteiger partial charge in [0.2, 0.25) is 0 Å². The highest BCUT2D eigenvalue weighted by Gasteiger charge is 2.16. The molecule has 1 aromatic heterocycles. The zero-order chi connectivity index (χ0) is 11.4. The second-order valence-electron chi connectivity index (χ2n) is 3.65. The van der Waals surface area contributed by atoms with E-state index >= 15 is 0 Å². The second kappa shape index (κ2) is 5.63. The van der Waals surface area contributed by atoms with Crippen LogP contribution in [-0.4, -0.2) is 23.7 Å². The van der Waals surface area contributed by atoms with Crippen molar-refractivity contribution in [3.63, 3.8) is 0 Å².